The highest BCUT2D eigenvalue weighted by molar-refractivity contribution is 7.91. The molecule has 0 bridgehead atoms. The third kappa shape index (κ3) is 5.48. The van der Waals surface area contributed by atoms with E-state index in [1.54, 1.807) is 23.1 Å². The van der Waals surface area contributed by atoms with Gasteiger partial charge in [-0.1, -0.05) is 19.1 Å². The summed E-state index contributed by atoms with van der Waals surface area (Å²) in [6, 6.07) is 10.7. The summed E-state index contributed by atoms with van der Waals surface area (Å²) >= 11 is 0. The number of carbonyl (C=O) groups excluding carboxylic acids is 1. The fraction of sp³-hybridized carbons (Fsp3) is 0.381. The van der Waals surface area contributed by atoms with Crippen LogP contribution in [0.15, 0.2) is 53.2 Å². The summed E-state index contributed by atoms with van der Waals surface area (Å²) in [5.74, 6) is 1.25. The van der Waals surface area contributed by atoms with Crippen LogP contribution in [0.4, 0.5) is 0 Å². The van der Waals surface area contributed by atoms with Crippen LogP contribution in [0.3, 0.4) is 0 Å². The number of ether oxygens (including phenoxy) is 1. The van der Waals surface area contributed by atoms with E-state index in [0.717, 1.165) is 17.7 Å². The molecule has 1 amide bonds. The minimum absolute atomic E-state index is 0.00499. The fourth-order valence-electron chi connectivity index (χ4n) is 3.15. The maximum absolute atomic E-state index is 12.8. The number of amides is 1. The zero-order valence-electron chi connectivity index (χ0n) is 15.9. The molecule has 1 aliphatic rings. The van der Waals surface area contributed by atoms with Gasteiger partial charge in [0.25, 0.3) is 0 Å². The Morgan fingerprint density at radius 1 is 1.29 bits per heavy atom. The summed E-state index contributed by atoms with van der Waals surface area (Å²) in [7, 11) is -3.10. The smallest absolute Gasteiger partial charge is 0.247 e. The first kappa shape index (κ1) is 20.2. The van der Waals surface area contributed by atoms with Gasteiger partial charge in [0.05, 0.1) is 24.4 Å². The van der Waals surface area contributed by atoms with E-state index in [2.05, 4.69) is 0 Å². The molecule has 2 aromatic rings. The highest BCUT2D eigenvalue weighted by Gasteiger charge is 2.34. The molecule has 3 rings (SSSR count). The predicted molar refractivity (Wildman–Crippen MR) is 108 cm³/mol. The van der Waals surface area contributed by atoms with Gasteiger partial charge in [0.15, 0.2) is 9.84 Å². The molecule has 2 heterocycles. The summed E-state index contributed by atoms with van der Waals surface area (Å²) < 4.78 is 34.7. The first-order valence-corrected chi connectivity index (χ1v) is 11.2. The molecular weight excluding hydrogens is 378 g/mol. The first-order valence-electron chi connectivity index (χ1n) is 9.41. The molecule has 1 saturated heterocycles. The molecule has 0 aliphatic carbocycles. The van der Waals surface area contributed by atoms with Gasteiger partial charge < -0.3 is 14.1 Å². The van der Waals surface area contributed by atoms with E-state index in [-0.39, 0.29) is 23.5 Å². The molecule has 1 aromatic carbocycles. The average molecular weight is 404 g/mol. The van der Waals surface area contributed by atoms with Gasteiger partial charge in [0.2, 0.25) is 5.91 Å². The molecular formula is C21H25NO5S. The molecule has 28 heavy (non-hydrogen) atoms. The van der Waals surface area contributed by atoms with Crippen molar-refractivity contribution in [2.75, 3.05) is 18.1 Å². The Morgan fingerprint density at radius 2 is 2.07 bits per heavy atom. The van der Waals surface area contributed by atoms with Crippen LogP contribution in [0, 0.1) is 0 Å². The highest BCUT2D eigenvalue weighted by atomic mass is 32.2. The topological polar surface area (TPSA) is 76.8 Å². The van der Waals surface area contributed by atoms with Gasteiger partial charge in [-0.15, -0.1) is 0 Å². The number of nitrogens with zero attached hydrogens (tertiary/aromatic N) is 1. The van der Waals surface area contributed by atoms with E-state index < -0.39 is 9.84 Å². The van der Waals surface area contributed by atoms with Crippen molar-refractivity contribution in [3.63, 3.8) is 0 Å². The Hall–Kier alpha value is -2.54. The van der Waals surface area contributed by atoms with E-state index >= 15 is 0 Å². The van der Waals surface area contributed by atoms with E-state index in [9.17, 15) is 13.2 Å². The second-order valence-electron chi connectivity index (χ2n) is 6.86. The van der Waals surface area contributed by atoms with Crippen molar-refractivity contribution in [2.24, 2.45) is 0 Å². The van der Waals surface area contributed by atoms with E-state index in [4.69, 9.17) is 9.15 Å². The van der Waals surface area contributed by atoms with Crippen LogP contribution in [0.5, 0.6) is 5.75 Å². The van der Waals surface area contributed by atoms with Crippen molar-refractivity contribution in [2.45, 2.75) is 32.4 Å². The maximum atomic E-state index is 12.8. The van der Waals surface area contributed by atoms with Crippen molar-refractivity contribution in [1.29, 1.82) is 0 Å². The molecule has 7 heteroatoms. The van der Waals surface area contributed by atoms with Gasteiger partial charge in [-0.05, 0) is 48.7 Å². The Bertz CT molecular complexity index is 901. The summed E-state index contributed by atoms with van der Waals surface area (Å²) in [5.41, 5.74) is 0.924. The quantitative estimate of drug-likeness (QED) is 0.632. The Labute approximate surface area is 165 Å². The van der Waals surface area contributed by atoms with Gasteiger partial charge in [0.1, 0.15) is 11.5 Å². The Balaban J connectivity index is 1.75. The van der Waals surface area contributed by atoms with Crippen LogP contribution < -0.4 is 4.74 Å². The van der Waals surface area contributed by atoms with E-state index in [1.165, 1.54) is 12.3 Å². The zero-order chi connectivity index (χ0) is 20.0. The number of hydrogen-bond donors (Lipinski definition) is 0. The lowest BCUT2D eigenvalue weighted by atomic mass is 10.1. The molecule has 1 fully saturated rings. The molecule has 0 saturated carbocycles. The van der Waals surface area contributed by atoms with Gasteiger partial charge in [-0.3, -0.25) is 4.79 Å². The molecule has 0 N–H and O–H groups in total. The van der Waals surface area contributed by atoms with Crippen molar-refractivity contribution >= 4 is 21.8 Å². The minimum Gasteiger partial charge on any atom is -0.494 e. The summed E-state index contributed by atoms with van der Waals surface area (Å²) in [5, 5.41) is 0. The molecule has 1 atom stereocenters. The number of sulfone groups is 1. The largest absolute Gasteiger partial charge is 0.494 e. The van der Waals surface area contributed by atoms with Crippen LogP contribution in [-0.2, 0) is 21.2 Å². The van der Waals surface area contributed by atoms with Crippen molar-refractivity contribution in [1.82, 2.24) is 4.90 Å². The number of rotatable bonds is 8. The highest BCUT2D eigenvalue weighted by Crippen LogP contribution is 2.22. The minimum atomic E-state index is -3.10. The number of furan rings is 1. The lowest BCUT2D eigenvalue weighted by Crippen LogP contribution is -2.39. The van der Waals surface area contributed by atoms with Crippen LogP contribution >= 0.6 is 0 Å². The summed E-state index contributed by atoms with van der Waals surface area (Å²) in [6.45, 7) is 3.04. The average Bonchev–Trinajstić information content (AvgIpc) is 3.32. The van der Waals surface area contributed by atoms with Crippen molar-refractivity contribution in [3.8, 4) is 5.75 Å². The van der Waals surface area contributed by atoms with E-state index in [1.807, 2.05) is 31.2 Å². The molecule has 1 aromatic heterocycles. The molecule has 150 valence electrons. The SMILES string of the molecule is CCCOc1ccc(CN(C(=O)/C=C\c2ccco2)C2CCS(=O)(=O)C2)cc1. The van der Waals surface area contributed by atoms with Crippen LogP contribution in [0.2, 0.25) is 0 Å². The van der Waals surface area contributed by atoms with Crippen molar-refractivity contribution < 1.29 is 22.4 Å². The number of carbonyl (C=O) groups is 1. The Morgan fingerprint density at radius 3 is 2.68 bits per heavy atom. The molecule has 6 nitrogen and oxygen atoms in total. The number of benzene rings is 1. The summed E-state index contributed by atoms with van der Waals surface area (Å²) in [4.78, 5) is 14.5. The lowest BCUT2D eigenvalue weighted by molar-refractivity contribution is -0.128. The third-order valence-electron chi connectivity index (χ3n) is 4.61. The monoisotopic (exact) mass is 403 g/mol. The molecule has 0 spiro atoms. The first-order chi connectivity index (χ1) is 13.5. The van der Waals surface area contributed by atoms with Gasteiger partial charge in [-0.25, -0.2) is 8.42 Å². The lowest BCUT2D eigenvalue weighted by Gasteiger charge is -2.27. The Kier molecular flexibility index (Phi) is 6.57. The third-order valence-corrected chi connectivity index (χ3v) is 6.37. The second-order valence-corrected chi connectivity index (χ2v) is 9.09. The van der Waals surface area contributed by atoms with Gasteiger partial charge in [-0.2, -0.15) is 0 Å². The molecule has 0 radical (unpaired) electrons. The normalized spacial score (nSPS) is 18.4. The molecule has 1 unspecified atom stereocenters. The number of hydrogen-bond acceptors (Lipinski definition) is 5. The second kappa shape index (κ2) is 9.10. The van der Waals surface area contributed by atoms with Crippen LogP contribution in [0.25, 0.3) is 6.08 Å². The van der Waals surface area contributed by atoms with Gasteiger partial charge in [0, 0.05) is 18.7 Å². The predicted octanol–water partition coefficient (Wildman–Crippen LogP) is 3.30. The zero-order valence-corrected chi connectivity index (χ0v) is 16.7. The van der Waals surface area contributed by atoms with Crippen LogP contribution in [-0.4, -0.2) is 43.4 Å². The van der Waals surface area contributed by atoms with E-state index in [0.29, 0.717) is 25.3 Å². The summed E-state index contributed by atoms with van der Waals surface area (Å²) in [6.07, 6.45) is 5.96. The maximum Gasteiger partial charge on any atom is 0.247 e. The van der Waals surface area contributed by atoms with Gasteiger partial charge >= 0.3 is 0 Å². The van der Waals surface area contributed by atoms with Crippen molar-refractivity contribution in [3.05, 3.63) is 60.1 Å². The molecule has 1 aliphatic heterocycles. The fourth-order valence-corrected chi connectivity index (χ4v) is 4.88. The van der Waals surface area contributed by atoms with Crippen LogP contribution in [0.1, 0.15) is 31.1 Å². The standard InChI is InChI=1S/C21H25NO5S/c1-2-12-26-20-7-5-17(6-8-20)15-22(18-11-14-28(24,25)16-18)21(23)10-9-19-4-3-13-27-19/h3-10,13,18H,2,11-12,14-16H2,1H3/b10-9-.